The molecule has 7 heteroatoms. The summed E-state index contributed by atoms with van der Waals surface area (Å²) in [6, 6.07) is 3.43. The Balaban J connectivity index is 1.28. The highest BCUT2D eigenvalue weighted by Gasteiger charge is 2.46. The summed E-state index contributed by atoms with van der Waals surface area (Å²) in [6.45, 7) is 5.43. The topological polar surface area (TPSA) is 58.8 Å². The maximum atomic E-state index is 14.3. The van der Waals surface area contributed by atoms with Crippen LogP contribution < -0.4 is 5.73 Å². The Kier molecular flexibility index (Phi) is 5.78. The number of hydrogen-bond acceptors (Lipinski definition) is 4. The zero-order valence-electron chi connectivity index (χ0n) is 18.2. The number of likely N-dealkylation sites (tertiary alicyclic amines) is 2. The molecule has 3 heterocycles. The number of nitrogens with two attached hydrogens (primary N) is 1. The molecule has 4 aliphatic rings. The van der Waals surface area contributed by atoms with Gasteiger partial charge >= 0.3 is 0 Å². The molecule has 5 rings (SSSR count). The smallest absolute Gasteiger partial charge is 0.225 e. The molecule has 0 aromatic heterocycles. The second-order valence-corrected chi connectivity index (χ2v) is 10.1. The van der Waals surface area contributed by atoms with E-state index in [0.29, 0.717) is 30.8 Å². The van der Waals surface area contributed by atoms with Gasteiger partial charge in [-0.3, -0.25) is 9.69 Å². The van der Waals surface area contributed by atoms with Crippen LogP contribution in [0.3, 0.4) is 0 Å². The van der Waals surface area contributed by atoms with Crippen molar-refractivity contribution in [2.45, 2.75) is 63.3 Å². The highest BCUT2D eigenvalue weighted by atomic mass is 19.1. The number of piperidine rings is 2. The molecule has 5 nitrogen and oxygen atoms in total. The molecule has 2 N–H and O–H groups in total. The number of fused-ring (bicyclic) bond motifs is 1. The molecule has 6 atom stereocenters. The molecule has 0 bridgehead atoms. The molecule has 31 heavy (non-hydrogen) atoms. The number of ether oxygens (including phenoxy) is 1. The van der Waals surface area contributed by atoms with Gasteiger partial charge in [0.1, 0.15) is 17.7 Å². The molecule has 1 aromatic carbocycles. The Labute approximate surface area is 182 Å². The number of hydrogen-bond donors (Lipinski definition) is 1. The number of amides is 1. The predicted molar refractivity (Wildman–Crippen MR) is 113 cm³/mol. The number of halogens is 2. The van der Waals surface area contributed by atoms with Gasteiger partial charge in [0, 0.05) is 49.2 Å². The molecule has 1 aromatic rings. The van der Waals surface area contributed by atoms with Crippen molar-refractivity contribution in [3.8, 4) is 0 Å². The normalized spacial score (nSPS) is 36.8. The van der Waals surface area contributed by atoms with Crippen molar-refractivity contribution in [1.29, 1.82) is 0 Å². The van der Waals surface area contributed by atoms with E-state index in [1.54, 1.807) is 0 Å². The number of benzene rings is 1. The lowest BCUT2D eigenvalue weighted by Crippen LogP contribution is -2.63. The monoisotopic (exact) mass is 433 g/mol. The maximum absolute atomic E-state index is 14.3. The van der Waals surface area contributed by atoms with Crippen molar-refractivity contribution in [3.63, 3.8) is 0 Å². The standard InChI is InChI=1S/C24H33F2N3O2/c1-14-11-28(12-22-18(14)3-2-8-29(22)24(30)15-4-5-15)17-10-21(27)23(31-13-17)19-9-16(25)6-7-20(19)26/h6-7,9,14-15,17-18,21-23H,2-5,8,10-13,27H2,1H3/t14-,17-,18?,21+,22?,23-/m1/s1. The molecule has 0 radical (unpaired) electrons. The van der Waals surface area contributed by atoms with Crippen LogP contribution in [0.5, 0.6) is 0 Å². The van der Waals surface area contributed by atoms with Crippen LogP contribution >= 0.6 is 0 Å². The van der Waals surface area contributed by atoms with Gasteiger partial charge in [-0.15, -0.1) is 0 Å². The molecule has 1 saturated carbocycles. The van der Waals surface area contributed by atoms with Gasteiger partial charge in [0.25, 0.3) is 0 Å². The summed E-state index contributed by atoms with van der Waals surface area (Å²) in [5.41, 5.74) is 6.61. The Hall–Kier alpha value is -1.57. The van der Waals surface area contributed by atoms with E-state index < -0.39 is 23.8 Å². The molecule has 3 aliphatic heterocycles. The SMILES string of the molecule is C[C@@H]1CN([C@H]2CO[C@H](c3cc(F)ccc3F)[C@@H](N)C2)CC2C1CCCN2C(=O)C1CC1. The summed E-state index contributed by atoms with van der Waals surface area (Å²) in [7, 11) is 0. The van der Waals surface area contributed by atoms with Crippen LogP contribution in [-0.4, -0.2) is 60.1 Å². The first-order valence-electron chi connectivity index (χ1n) is 11.8. The molecule has 1 amide bonds. The van der Waals surface area contributed by atoms with E-state index in [2.05, 4.69) is 16.7 Å². The van der Waals surface area contributed by atoms with Crippen molar-refractivity contribution in [3.05, 3.63) is 35.4 Å². The fourth-order valence-electron chi connectivity index (χ4n) is 6.09. The second-order valence-electron chi connectivity index (χ2n) is 10.1. The van der Waals surface area contributed by atoms with Crippen molar-refractivity contribution in [1.82, 2.24) is 9.80 Å². The third-order valence-corrected chi connectivity index (χ3v) is 7.90. The Morgan fingerprint density at radius 1 is 1.19 bits per heavy atom. The first kappa shape index (κ1) is 21.3. The number of carbonyl (C=O) groups is 1. The first-order valence-corrected chi connectivity index (χ1v) is 11.8. The van der Waals surface area contributed by atoms with E-state index in [-0.39, 0.29) is 23.6 Å². The van der Waals surface area contributed by atoms with E-state index in [1.807, 2.05) is 0 Å². The Bertz CT molecular complexity index is 833. The van der Waals surface area contributed by atoms with E-state index in [1.165, 1.54) is 12.5 Å². The molecule has 2 unspecified atom stereocenters. The molecule has 1 aliphatic carbocycles. The lowest BCUT2D eigenvalue weighted by Gasteiger charge is -2.53. The van der Waals surface area contributed by atoms with E-state index in [9.17, 15) is 13.6 Å². The van der Waals surface area contributed by atoms with Crippen LogP contribution in [-0.2, 0) is 9.53 Å². The van der Waals surface area contributed by atoms with E-state index in [0.717, 1.165) is 51.0 Å². The summed E-state index contributed by atoms with van der Waals surface area (Å²) >= 11 is 0. The molecule has 0 spiro atoms. The van der Waals surface area contributed by atoms with Gasteiger partial charge in [0.05, 0.1) is 6.61 Å². The summed E-state index contributed by atoms with van der Waals surface area (Å²) in [5.74, 6) is 0.692. The minimum absolute atomic E-state index is 0.131. The maximum Gasteiger partial charge on any atom is 0.225 e. The van der Waals surface area contributed by atoms with Gasteiger partial charge in [-0.2, -0.15) is 0 Å². The zero-order chi connectivity index (χ0) is 21.7. The second kappa shape index (κ2) is 8.41. The van der Waals surface area contributed by atoms with Gasteiger partial charge in [0.2, 0.25) is 5.91 Å². The number of nitrogens with zero attached hydrogens (tertiary/aromatic N) is 2. The predicted octanol–water partition coefficient (Wildman–Crippen LogP) is 3.09. The van der Waals surface area contributed by atoms with Gasteiger partial charge in [-0.25, -0.2) is 8.78 Å². The minimum atomic E-state index is -0.635. The van der Waals surface area contributed by atoms with Crippen LogP contribution in [0.1, 0.15) is 50.7 Å². The lowest BCUT2D eigenvalue weighted by atomic mass is 9.76. The number of rotatable bonds is 3. The molecule has 3 saturated heterocycles. The first-order chi connectivity index (χ1) is 14.9. The van der Waals surface area contributed by atoms with Crippen LogP contribution in [0.2, 0.25) is 0 Å². The average Bonchev–Trinajstić information content (AvgIpc) is 3.60. The molecule has 170 valence electrons. The van der Waals surface area contributed by atoms with Crippen molar-refractivity contribution in [2.75, 3.05) is 26.2 Å². The molecule has 4 fully saturated rings. The largest absolute Gasteiger partial charge is 0.370 e. The zero-order valence-corrected chi connectivity index (χ0v) is 18.2. The summed E-state index contributed by atoms with van der Waals surface area (Å²) in [4.78, 5) is 17.5. The van der Waals surface area contributed by atoms with Gasteiger partial charge < -0.3 is 15.4 Å². The highest BCUT2D eigenvalue weighted by Crippen LogP contribution is 2.40. The van der Waals surface area contributed by atoms with Crippen molar-refractivity contribution < 1.29 is 18.3 Å². The Morgan fingerprint density at radius 2 is 2.00 bits per heavy atom. The van der Waals surface area contributed by atoms with Crippen LogP contribution in [0, 0.1) is 29.4 Å². The van der Waals surface area contributed by atoms with Crippen LogP contribution in [0.15, 0.2) is 18.2 Å². The highest BCUT2D eigenvalue weighted by molar-refractivity contribution is 5.81. The van der Waals surface area contributed by atoms with Crippen LogP contribution in [0.4, 0.5) is 8.78 Å². The van der Waals surface area contributed by atoms with Gasteiger partial charge in [-0.05, 0) is 62.1 Å². The van der Waals surface area contributed by atoms with E-state index >= 15 is 0 Å². The third-order valence-electron chi connectivity index (χ3n) is 7.90. The van der Waals surface area contributed by atoms with Gasteiger partial charge in [-0.1, -0.05) is 6.92 Å². The fraction of sp³-hybridized carbons (Fsp3) is 0.708. The molecular weight excluding hydrogens is 400 g/mol. The summed E-state index contributed by atoms with van der Waals surface area (Å²) in [5, 5.41) is 0. The number of carbonyl (C=O) groups excluding carboxylic acids is 1. The fourth-order valence-corrected chi connectivity index (χ4v) is 6.09. The van der Waals surface area contributed by atoms with Crippen molar-refractivity contribution >= 4 is 5.91 Å². The van der Waals surface area contributed by atoms with Crippen LogP contribution in [0.25, 0.3) is 0 Å². The van der Waals surface area contributed by atoms with E-state index in [4.69, 9.17) is 10.5 Å². The minimum Gasteiger partial charge on any atom is -0.370 e. The van der Waals surface area contributed by atoms with Crippen molar-refractivity contribution in [2.24, 2.45) is 23.5 Å². The summed E-state index contributed by atoms with van der Waals surface area (Å²) in [6.07, 6.45) is 4.40. The molecular formula is C24H33F2N3O2. The lowest BCUT2D eigenvalue weighted by molar-refractivity contribution is -0.143. The average molecular weight is 434 g/mol. The quantitative estimate of drug-likeness (QED) is 0.796. The third kappa shape index (κ3) is 4.12. The summed E-state index contributed by atoms with van der Waals surface area (Å²) < 4.78 is 33.9. The Morgan fingerprint density at radius 3 is 2.74 bits per heavy atom. The van der Waals surface area contributed by atoms with Gasteiger partial charge in [0.15, 0.2) is 0 Å².